The second kappa shape index (κ2) is 7.55. The largest absolute Gasteiger partial charge is 0.354 e. The predicted molar refractivity (Wildman–Crippen MR) is 72.9 cm³/mol. The summed E-state index contributed by atoms with van der Waals surface area (Å²) in [6.07, 6.45) is 1.02. The van der Waals surface area contributed by atoms with Gasteiger partial charge in [0.05, 0.1) is 12.0 Å². The number of benzene rings is 1. The van der Waals surface area contributed by atoms with E-state index in [4.69, 9.17) is 0 Å². The number of hydrogen-bond acceptors (Lipinski definition) is 4. The van der Waals surface area contributed by atoms with Crippen molar-refractivity contribution in [2.24, 2.45) is 0 Å². The third-order valence-corrected chi connectivity index (χ3v) is 3.79. The Labute approximate surface area is 120 Å². The molecule has 2 N–H and O–H groups in total. The molecule has 0 bridgehead atoms. The van der Waals surface area contributed by atoms with Crippen LogP contribution >= 0.6 is 11.8 Å². The number of halogens is 2. The fourth-order valence-corrected chi connectivity index (χ4v) is 2.43. The summed E-state index contributed by atoms with van der Waals surface area (Å²) in [5.74, 6) is -2.20. The average Bonchev–Trinajstić information content (AvgIpc) is 2.35. The lowest BCUT2D eigenvalue weighted by Crippen LogP contribution is -2.34. The normalized spacial score (nSPS) is 11.3. The highest BCUT2D eigenvalue weighted by Crippen LogP contribution is 2.19. The van der Waals surface area contributed by atoms with Gasteiger partial charge in [0.25, 0.3) is 0 Å². The van der Waals surface area contributed by atoms with Crippen LogP contribution in [0.3, 0.4) is 0 Å². The number of hydrogen-bond donors (Lipinski definition) is 2. The standard InChI is InChI=1S/C11H14F2N2O3S2/c1-20(17,18)15-5-4-14-11(16)7-19-8-2-3-9(12)10(13)6-8/h2-3,6,15H,4-5,7H2,1H3,(H,14,16). The monoisotopic (exact) mass is 324 g/mol. The summed E-state index contributed by atoms with van der Waals surface area (Å²) in [5.41, 5.74) is 0. The lowest BCUT2D eigenvalue weighted by Gasteiger charge is -2.06. The Bertz CT molecular complexity index is 579. The Hall–Kier alpha value is -1.19. The summed E-state index contributed by atoms with van der Waals surface area (Å²) >= 11 is 1.06. The van der Waals surface area contributed by atoms with Gasteiger partial charge in [-0.15, -0.1) is 11.8 Å². The van der Waals surface area contributed by atoms with Crippen LogP contribution in [0, 0.1) is 11.6 Å². The first-order valence-electron chi connectivity index (χ1n) is 5.57. The van der Waals surface area contributed by atoms with Gasteiger partial charge in [-0.1, -0.05) is 0 Å². The van der Waals surface area contributed by atoms with E-state index < -0.39 is 21.7 Å². The zero-order valence-corrected chi connectivity index (χ0v) is 12.3. The van der Waals surface area contributed by atoms with Crippen molar-refractivity contribution in [1.82, 2.24) is 10.0 Å². The summed E-state index contributed by atoms with van der Waals surface area (Å²) in [5, 5.41) is 2.50. The first-order valence-corrected chi connectivity index (χ1v) is 8.45. The van der Waals surface area contributed by atoms with Crippen molar-refractivity contribution in [3.63, 3.8) is 0 Å². The van der Waals surface area contributed by atoms with Crippen LogP contribution in [0.25, 0.3) is 0 Å². The molecule has 0 aromatic heterocycles. The van der Waals surface area contributed by atoms with Crippen LogP contribution < -0.4 is 10.0 Å². The molecule has 5 nitrogen and oxygen atoms in total. The molecule has 1 aromatic carbocycles. The van der Waals surface area contributed by atoms with E-state index in [0.717, 1.165) is 30.2 Å². The Morgan fingerprint density at radius 2 is 1.95 bits per heavy atom. The Balaban J connectivity index is 2.27. The molecule has 0 radical (unpaired) electrons. The highest BCUT2D eigenvalue weighted by atomic mass is 32.2. The number of amides is 1. The van der Waals surface area contributed by atoms with Crippen LogP contribution in [0.5, 0.6) is 0 Å². The van der Waals surface area contributed by atoms with E-state index in [1.807, 2.05) is 0 Å². The molecular formula is C11H14F2N2O3S2. The van der Waals surface area contributed by atoms with E-state index in [-0.39, 0.29) is 24.7 Å². The quantitative estimate of drug-likeness (QED) is 0.572. The smallest absolute Gasteiger partial charge is 0.230 e. The van der Waals surface area contributed by atoms with E-state index in [1.54, 1.807) is 0 Å². The molecule has 0 aliphatic rings. The summed E-state index contributed by atoms with van der Waals surface area (Å²) < 4.78 is 49.3. The molecule has 0 atom stereocenters. The Morgan fingerprint density at radius 1 is 1.25 bits per heavy atom. The number of sulfonamides is 1. The SMILES string of the molecule is CS(=O)(=O)NCCNC(=O)CSc1ccc(F)c(F)c1. The van der Waals surface area contributed by atoms with E-state index in [2.05, 4.69) is 10.0 Å². The minimum atomic E-state index is -3.27. The average molecular weight is 324 g/mol. The van der Waals surface area contributed by atoms with Gasteiger partial charge >= 0.3 is 0 Å². The van der Waals surface area contributed by atoms with Gasteiger partial charge in [0, 0.05) is 18.0 Å². The molecule has 0 heterocycles. The third kappa shape index (κ3) is 6.83. The lowest BCUT2D eigenvalue weighted by molar-refractivity contribution is -0.118. The van der Waals surface area contributed by atoms with Crippen molar-refractivity contribution >= 4 is 27.7 Å². The van der Waals surface area contributed by atoms with Crippen LogP contribution in [0.1, 0.15) is 0 Å². The van der Waals surface area contributed by atoms with Gasteiger partial charge in [0.15, 0.2) is 11.6 Å². The molecule has 20 heavy (non-hydrogen) atoms. The van der Waals surface area contributed by atoms with Crippen LogP contribution in [0.2, 0.25) is 0 Å². The van der Waals surface area contributed by atoms with Crippen molar-refractivity contribution in [2.75, 3.05) is 25.1 Å². The van der Waals surface area contributed by atoms with Crippen LogP contribution in [-0.2, 0) is 14.8 Å². The molecule has 1 amide bonds. The fourth-order valence-electron chi connectivity index (χ4n) is 1.20. The molecule has 0 saturated carbocycles. The van der Waals surface area contributed by atoms with E-state index in [1.165, 1.54) is 6.07 Å². The molecule has 0 spiro atoms. The zero-order valence-electron chi connectivity index (χ0n) is 10.7. The van der Waals surface area contributed by atoms with Crippen LogP contribution in [0.15, 0.2) is 23.1 Å². The van der Waals surface area contributed by atoms with Crippen molar-refractivity contribution in [1.29, 1.82) is 0 Å². The van der Waals surface area contributed by atoms with Gasteiger partial charge < -0.3 is 5.32 Å². The van der Waals surface area contributed by atoms with Crippen molar-refractivity contribution in [3.05, 3.63) is 29.8 Å². The van der Waals surface area contributed by atoms with E-state index >= 15 is 0 Å². The number of nitrogens with one attached hydrogen (secondary N) is 2. The molecule has 1 aromatic rings. The molecule has 9 heteroatoms. The molecule has 0 saturated heterocycles. The minimum Gasteiger partial charge on any atom is -0.354 e. The molecule has 0 fully saturated rings. The predicted octanol–water partition coefficient (Wildman–Crippen LogP) is 0.722. The van der Waals surface area contributed by atoms with E-state index in [0.29, 0.717) is 4.90 Å². The zero-order chi connectivity index (χ0) is 15.2. The van der Waals surface area contributed by atoms with Crippen LogP contribution in [0.4, 0.5) is 8.78 Å². The van der Waals surface area contributed by atoms with Crippen molar-refractivity contribution in [3.8, 4) is 0 Å². The molecule has 1 rings (SSSR count). The summed E-state index contributed by atoms with van der Waals surface area (Å²) in [7, 11) is -3.27. The highest BCUT2D eigenvalue weighted by Gasteiger charge is 2.06. The fraction of sp³-hybridized carbons (Fsp3) is 0.364. The second-order valence-electron chi connectivity index (χ2n) is 3.88. The molecular weight excluding hydrogens is 310 g/mol. The summed E-state index contributed by atoms with van der Waals surface area (Å²) in [4.78, 5) is 11.9. The molecule has 0 aliphatic carbocycles. The lowest BCUT2D eigenvalue weighted by atomic mass is 10.3. The first kappa shape index (κ1) is 16.9. The highest BCUT2D eigenvalue weighted by molar-refractivity contribution is 8.00. The first-order chi connectivity index (χ1) is 9.28. The maximum absolute atomic E-state index is 12.9. The topological polar surface area (TPSA) is 75.3 Å². The number of rotatable bonds is 7. The van der Waals surface area contributed by atoms with Gasteiger partial charge in [-0.25, -0.2) is 21.9 Å². The third-order valence-electron chi connectivity index (χ3n) is 2.07. The van der Waals surface area contributed by atoms with Crippen molar-refractivity contribution < 1.29 is 22.0 Å². The maximum atomic E-state index is 12.9. The summed E-state index contributed by atoms with van der Waals surface area (Å²) in [6, 6.07) is 3.38. The van der Waals surface area contributed by atoms with Gasteiger partial charge in [-0.2, -0.15) is 0 Å². The number of thioether (sulfide) groups is 1. The van der Waals surface area contributed by atoms with E-state index in [9.17, 15) is 22.0 Å². The number of carbonyl (C=O) groups is 1. The van der Waals surface area contributed by atoms with Gasteiger partial charge in [0.1, 0.15) is 0 Å². The van der Waals surface area contributed by atoms with Crippen LogP contribution in [-0.4, -0.2) is 39.4 Å². The Morgan fingerprint density at radius 3 is 2.55 bits per heavy atom. The molecule has 112 valence electrons. The van der Waals surface area contributed by atoms with Gasteiger partial charge in [0.2, 0.25) is 15.9 Å². The maximum Gasteiger partial charge on any atom is 0.230 e. The minimum absolute atomic E-state index is 0.0317. The molecule has 0 aliphatic heterocycles. The van der Waals surface area contributed by atoms with Gasteiger partial charge in [-0.3, -0.25) is 4.79 Å². The van der Waals surface area contributed by atoms with Gasteiger partial charge in [-0.05, 0) is 18.2 Å². The van der Waals surface area contributed by atoms with Crippen molar-refractivity contribution in [2.45, 2.75) is 4.90 Å². The summed E-state index contributed by atoms with van der Waals surface area (Å²) in [6.45, 7) is 0.255. The Kier molecular flexibility index (Phi) is 6.37. The second-order valence-corrected chi connectivity index (χ2v) is 6.76. The number of carbonyl (C=O) groups excluding carboxylic acids is 1. The molecule has 0 unspecified atom stereocenters.